The Kier molecular flexibility index (Phi) is 8.90. The first kappa shape index (κ1) is 25.1. The fourth-order valence-electron chi connectivity index (χ4n) is 2.87. The summed E-state index contributed by atoms with van der Waals surface area (Å²) in [4.78, 5) is 24.5. The minimum Gasteiger partial charge on any atom is -0.490 e. The van der Waals surface area contributed by atoms with Crippen molar-refractivity contribution < 1.29 is 23.8 Å². The first-order valence-electron chi connectivity index (χ1n) is 10.3. The van der Waals surface area contributed by atoms with Gasteiger partial charge in [0.15, 0.2) is 18.1 Å². The van der Waals surface area contributed by atoms with E-state index in [-0.39, 0.29) is 17.9 Å². The zero-order valence-electron chi connectivity index (χ0n) is 18.5. The average molecular weight is 501 g/mol. The fourth-order valence-corrected chi connectivity index (χ4v) is 3.31. The molecule has 7 nitrogen and oxygen atoms in total. The van der Waals surface area contributed by atoms with Gasteiger partial charge in [-0.05, 0) is 73.5 Å². The van der Waals surface area contributed by atoms with Crippen LogP contribution >= 0.6 is 23.2 Å². The van der Waals surface area contributed by atoms with Crippen molar-refractivity contribution in [2.75, 3.05) is 13.2 Å². The second-order valence-electron chi connectivity index (χ2n) is 7.00. The van der Waals surface area contributed by atoms with Crippen molar-refractivity contribution in [2.45, 2.75) is 13.8 Å². The first-order chi connectivity index (χ1) is 16.4. The van der Waals surface area contributed by atoms with Crippen LogP contribution < -0.4 is 19.6 Å². The Morgan fingerprint density at radius 1 is 0.971 bits per heavy atom. The smallest absolute Gasteiger partial charge is 0.345 e. The maximum absolute atomic E-state index is 12.5. The van der Waals surface area contributed by atoms with E-state index in [1.54, 1.807) is 60.7 Å². The van der Waals surface area contributed by atoms with Gasteiger partial charge in [0.1, 0.15) is 5.75 Å². The number of nitrogens with zero attached hydrogens (tertiary/aromatic N) is 1. The first-order valence-corrected chi connectivity index (χ1v) is 11.1. The van der Waals surface area contributed by atoms with Crippen LogP contribution in [0.3, 0.4) is 0 Å². The Bertz CT molecular complexity index is 1210. The second-order valence-corrected chi connectivity index (χ2v) is 7.84. The van der Waals surface area contributed by atoms with E-state index >= 15 is 0 Å². The highest BCUT2D eigenvalue weighted by molar-refractivity contribution is 6.33. The van der Waals surface area contributed by atoms with Crippen LogP contribution in [-0.2, 0) is 4.79 Å². The van der Waals surface area contributed by atoms with Gasteiger partial charge in [-0.1, -0.05) is 35.3 Å². The molecule has 0 spiro atoms. The van der Waals surface area contributed by atoms with Crippen LogP contribution in [-0.4, -0.2) is 31.3 Å². The molecule has 0 atom stereocenters. The predicted octanol–water partition coefficient (Wildman–Crippen LogP) is 5.45. The average Bonchev–Trinajstić information content (AvgIpc) is 2.80. The van der Waals surface area contributed by atoms with E-state index in [0.29, 0.717) is 33.7 Å². The number of amides is 1. The fraction of sp³-hybridized carbons (Fsp3) is 0.160. The van der Waals surface area contributed by atoms with Crippen molar-refractivity contribution in [3.05, 3.63) is 87.4 Å². The highest BCUT2D eigenvalue weighted by Gasteiger charge is 2.15. The van der Waals surface area contributed by atoms with Crippen molar-refractivity contribution >= 4 is 41.3 Å². The zero-order chi connectivity index (χ0) is 24.5. The summed E-state index contributed by atoms with van der Waals surface area (Å²) in [6.07, 6.45) is 1.44. The largest absolute Gasteiger partial charge is 0.490 e. The summed E-state index contributed by atoms with van der Waals surface area (Å²) in [6, 6.07) is 16.6. The molecule has 34 heavy (non-hydrogen) atoms. The molecule has 1 amide bonds. The van der Waals surface area contributed by atoms with E-state index in [0.717, 1.165) is 5.56 Å². The van der Waals surface area contributed by atoms with E-state index in [1.807, 2.05) is 13.8 Å². The van der Waals surface area contributed by atoms with Gasteiger partial charge < -0.3 is 14.2 Å². The van der Waals surface area contributed by atoms with Crippen LogP contribution in [0.25, 0.3) is 0 Å². The Morgan fingerprint density at radius 3 is 2.47 bits per heavy atom. The summed E-state index contributed by atoms with van der Waals surface area (Å²) in [5, 5.41) is 4.82. The van der Waals surface area contributed by atoms with Crippen LogP contribution in [0.15, 0.2) is 65.8 Å². The molecule has 9 heteroatoms. The molecule has 3 aromatic carbocycles. The van der Waals surface area contributed by atoms with Gasteiger partial charge in [-0.3, -0.25) is 4.79 Å². The molecule has 0 aliphatic rings. The maximum atomic E-state index is 12.5. The van der Waals surface area contributed by atoms with Gasteiger partial charge in [-0.2, -0.15) is 5.10 Å². The number of hydrazone groups is 1. The van der Waals surface area contributed by atoms with Crippen molar-refractivity contribution in [3.8, 4) is 17.2 Å². The molecular formula is C25H22Cl2N2O5. The van der Waals surface area contributed by atoms with Crippen molar-refractivity contribution in [1.82, 2.24) is 5.43 Å². The molecule has 3 rings (SSSR count). The molecule has 0 unspecified atom stereocenters. The molecule has 0 radical (unpaired) electrons. The lowest BCUT2D eigenvalue weighted by atomic mass is 10.2. The highest BCUT2D eigenvalue weighted by atomic mass is 35.5. The number of aryl methyl sites for hydroxylation is 1. The van der Waals surface area contributed by atoms with Gasteiger partial charge in [0.05, 0.1) is 23.4 Å². The molecule has 0 aliphatic carbocycles. The summed E-state index contributed by atoms with van der Waals surface area (Å²) in [7, 11) is 0. The number of halogens is 2. The van der Waals surface area contributed by atoms with Crippen LogP contribution in [0.4, 0.5) is 0 Å². The Morgan fingerprint density at radius 2 is 1.74 bits per heavy atom. The number of ether oxygens (including phenoxy) is 3. The molecule has 0 aromatic heterocycles. The van der Waals surface area contributed by atoms with Crippen molar-refractivity contribution in [2.24, 2.45) is 5.10 Å². The molecule has 176 valence electrons. The number of carbonyl (C=O) groups excluding carboxylic acids is 2. The van der Waals surface area contributed by atoms with Gasteiger partial charge in [0.2, 0.25) is 0 Å². The van der Waals surface area contributed by atoms with E-state index in [4.69, 9.17) is 37.4 Å². The van der Waals surface area contributed by atoms with E-state index < -0.39 is 11.9 Å². The SMILES string of the molecule is CCOc1cc(C=NNC(=O)COc2ccc(Cl)cc2C)ccc1OC(=O)c1ccccc1Cl. The molecule has 3 aromatic rings. The lowest BCUT2D eigenvalue weighted by molar-refractivity contribution is -0.123. The van der Waals surface area contributed by atoms with Crippen molar-refractivity contribution in [3.63, 3.8) is 0 Å². The molecule has 0 saturated heterocycles. The Labute approximate surface area is 207 Å². The summed E-state index contributed by atoms with van der Waals surface area (Å²) in [5.41, 5.74) is 4.09. The third-order valence-electron chi connectivity index (χ3n) is 4.46. The molecule has 0 bridgehead atoms. The van der Waals surface area contributed by atoms with Crippen LogP contribution in [0, 0.1) is 6.92 Å². The number of carbonyl (C=O) groups is 2. The third kappa shape index (κ3) is 6.97. The summed E-state index contributed by atoms with van der Waals surface area (Å²) in [6.45, 7) is 3.79. The number of hydrogen-bond acceptors (Lipinski definition) is 6. The quantitative estimate of drug-likeness (QED) is 0.182. The molecule has 0 saturated carbocycles. The summed E-state index contributed by atoms with van der Waals surface area (Å²) < 4.78 is 16.5. The molecule has 0 fully saturated rings. The zero-order valence-corrected chi connectivity index (χ0v) is 20.0. The summed E-state index contributed by atoms with van der Waals surface area (Å²) in [5.74, 6) is 0.114. The number of nitrogens with one attached hydrogen (secondary N) is 1. The Balaban J connectivity index is 1.61. The number of benzene rings is 3. The van der Waals surface area contributed by atoms with Gasteiger partial charge in [0.25, 0.3) is 5.91 Å². The minimum absolute atomic E-state index is 0.207. The maximum Gasteiger partial charge on any atom is 0.345 e. The monoisotopic (exact) mass is 500 g/mol. The van der Waals surface area contributed by atoms with E-state index in [1.165, 1.54) is 6.21 Å². The van der Waals surface area contributed by atoms with Crippen LogP contribution in [0.5, 0.6) is 17.2 Å². The topological polar surface area (TPSA) is 86.2 Å². The molecule has 0 heterocycles. The molecular weight excluding hydrogens is 479 g/mol. The number of hydrogen-bond donors (Lipinski definition) is 1. The second kappa shape index (κ2) is 12.1. The summed E-state index contributed by atoms with van der Waals surface area (Å²) >= 11 is 12.0. The highest BCUT2D eigenvalue weighted by Crippen LogP contribution is 2.29. The lowest BCUT2D eigenvalue weighted by Crippen LogP contribution is -2.24. The molecule has 0 aliphatic heterocycles. The minimum atomic E-state index is -0.601. The van der Waals surface area contributed by atoms with Gasteiger partial charge >= 0.3 is 5.97 Å². The molecule has 1 N–H and O–H groups in total. The number of esters is 1. The van der Waals surface area contributed by atoms with E-state index in [9.17, 15) is 9.59 Å². The van der Waals surface area contributed by atoms with Crippen molar-refractivity contribution in [1.29, 1.82) is 0 Å². The predicted molar refractivity (Wildman–Crippen MR) is 131 cm³/mol. The standard InChI is InChI=1S/C25H22Cl2N2O5/c1-3-32-23-13-17(8-10-22(23)34-25(31)19-6-4-5-7-20(19)27)14-28-29-24(30)15-33-21-11-9-18(26)12-16(21)2/h4-14H,3,15H2,1-2H3,(H,29,30). The van der Waals surface area contributed by atoms with E-state index in [2.05, 4.69) is 10.5 Å². The van der Waals surface area contributed by atoms with Gasteiger partial charge in [-0.25, -0.2) is 10.2 Å². The third-order valence-corrected chi connectivity index (χ3v) is 5.03. The lowest BCUT2D eigenvalue weighted by Gasteiger charge is -2.12. The van der Waals surface area contributed by atoms with Gasteiger partial charge in [0, 0.05) is 5.02 Å². The van der Waals surface area contributed by atoms with Crippen LogP contribution in [0.2, 0.25) is 10.0 Å². The van der Waals surface area contributed by atoms with Gasteiger partial charge in [-0.15, -0.1) is 0 Å². The van der Waals surface area contributed by atoms with Crippen LogP contribution in [0.1, 0.15) is 28.4 Å². The Hall–Kier alpha value is -3.55. The number of rotatable bonds is 9. The normalized spacial score (nSPS) is 10.7.